The first-order valence-electron chi connectivity index (χ1n) is 4.63. The Kier molecular flexibility index (Phi) is 3.10. The standard InChI is InChI=1S/C10H8BrFN4O/c11-6-4-8(13)5(3-7(6)12)10(17)15-9-1-2-14-16-9/h1-4H,13H2,(H2,14,15,16,17). The molecule has 0 atom stereocenters. The predicted molar refractivity (Wildman–Crippen MR) is 65.1 cm³/mol. The van der Waals surface area contributed by atoms with Gasteiger partial charge in [-0.25, -0.2) is 4.39 Å². The van der Waals surface area contributed by atoms with Gasteiger partial charge in [-0.3, -0.25) is 9.89 Å². The van der Waals surface area contributed by atoms with Crippen molar-refractivity contribution in [2.24, 2.45) is 0 Å². The zero-order valence-corrected chi connectivity index (χ0v) is 10.1. The molecular formula is C10H8BrFN4O. The Hall–Kier alpha value is -1.89. The van der Waals surface area contributed by atoms with Crippen LogP contribution in [0.1, 0.15) is 10.4 Å². The van der Waals surface area contributed by atoms with Gasteiger partial charge in [0, 0.05) is 11.8 Å². The molecule has 0 unspecified atom stereocenters. The molecule has 1 aromatic heterocycles. The number of nitrogen functional groups attached to an aromatic ring is 1. The van der Waals surface area contributed by atoms with E-state index < -0.39 is 11.7 Å². The van der Waals surface area contributed by atoms with Crippen LogP contribution < -0.4 is 11.1 Å². The lowest BCUT2D eigenvalue weighted by Crippen LogP contribution is -2.14. The lowest BCUT2D eigenvalue weighted by atomic mass is 10.1. The van der Waals surface area contributed by atoms with Crippen LogP contribution in [0.4, 0.5) is 15.9 Å². The number of benzene rings is 1. The molecule has 88 valence electrons. The van der Waals surface area contributed by atoms with Crippen molar-refractivity contribution in [2.75, 3.05) is 11.1 Å². The molecule has 0 saturated carbocycles. The minimum Gasteiger partial charge on any atom is -0.398 e. The molecule has 1 aromatic carbocycles. The molecule has 0 bridgehead atoms. The number of amides is 1. The summed E-state index contributed by atoms with van der Waals surface area (Å²) in [5.41, 5.74) is 5.90. The molecule has 0 aliphatic rings. The molecule has 0 aliphatic carbocycles. The summed E-state index contributed by atoms with van der Waals surface area (Å²) >= 11 is 2.99. The van der Waals surface area contributed by atoms with Gasteiger partial charge in [-0.1, -0.05) is 0 Å². The van der Waals surface area contributed by atoms with Crippen molar-refractivity contribution in [3.8, 4) is 0 Å². The maximum atomic E-state index is 13.3. The number of nitrogens with two attached hydrogens (primary N) is 1. The van der Waals surface area contributed by atoms with Crippen LogP contribution in [0.5, 0.6) is 0 Å². The molecule has 0 radical (unpaired) electrons. The molecule has 1 amide bonds. The first-order valence-corrected chi connectivity index (χ1v) is 5.42. The molecule has 5 nitrogen and oxygen atoms in total. The first-order chi connectivity index (χ1) is 8.08. The van der Waals surface area contributed by atoms with Crippen molar-refractivity contribution in [2.45, 2.75) is 0 Å². The quantitative estimate of drug-likeness (QED) is 0.743. The lowest BCUT2D eigenvalue weighted by Gasteiger charge is -2.06. The monoisotopic (exact) mass is 298 g/mol. The molecule has 2 rings (SSSR count). The number of nitrogens with one attached hydrogen (secondary N) is 2. The van der Waals surface area contributed by atoms with Crippen LogP contribution >= 0.6 is 15.9 Å². The largest absolute Gasteiger partial charge is 0.398 e. The summed E-state index contributed by atoms with van der Waals surface area (Å²) < 4.78 is 13.5. The number of hydrogen-bond donors (Lipinski definition) is 3. The molecule has 7 heteroatoms. The van der Waals surface area contributed by atoms with Crippen molar-refractivity contribution in [1.82, 2.24) is 10.2 Å². The number of halogens is 2. The van der Waals surface area contributed by atoms with E-state index in [0.717, 1.165) is 6.07 Å². The van der Waals surface area contributed by atoms with Crippen molar-refractivity contribution >= 4 is 33.3 Å². The van der Waals surface area contributed by atoms with Gasteiger partial charge in [-0.2, -0.15) is 5.10 Å². The normalized spacial score (nSPS) is 10.2. The van der Waals surface area contributed by atoms with Crippen LogP contribution in [0.15, 0.2) is 28.9 Å². The summed E-state index contributed by atoms with van der Waals surface area (Å²) in [4.78, 5) is 11.8. The summed E-state index contributed by atoms with van der Waals surface area (Å²) in [7, 11) is 0. The topological polar surface area (TPSA) is 83.8 Å². The highest BCUT2D eigenvalue weighted by atomic mass is 79.9. The van der Waals surface area contributed by atoms with Crippen LogP contribution in [-0.4, -0.2) is 16.1 Å². The maximum Gasteiger partial charge on any atom is 0.258 e. The molecule has 1 heterocycles. The Morgan fingerprint density at radius 1 is 1.53 bits per heavy atom. The highest BCUT2D eigenvalue weighted by molar-refractivity contribution is 9.10. The average molecular weight is 299 g/mol. The maximum absolute atomic E-state index is 13.3. The van der Waals surface area contributed by atoms with Gasteiger partial charge in [0.1, 0.15) is 11.6 Å². The number of aromatic nitrogens is 2. The van der Waals surface area contributed by atoms with E-state index in [1.54, 1.807) is 6.07 Å². The second-order valence-electron chi connectivity index (χ2n) is 3.28. The van der Waals surface area contributed by atoms with E-state index in [1.807, 2.05) is 0 Å². The second kappa shape index (κ2) is 4.54. The fourth-order valence-electron chi connectivity index (χ4n) is 1.27. The van der Waals surface area contributed by atoms with Gasteiger partial charge in [-0.05, 0) is 28.1 Å². The minimum absolute atomic E-state index is 0.0697. The zero-order valence-electron chi connectivity index (χ0n) is 8.50. The Labute approximate surface area is 104 Å². The van der Waals surface area contributed by atoms with Gasteiger partial charge in [0.2, 0.25) is 0 Å². The summed E-state index contributed by atoms with van der Waals surface area (Å²) in [5.74, 6) is -0.634. The Morgan fingerprint density at radius 3 is 2.94 bits per heavy atom. The summed E-state index contributed by atoms with van der Waals surface area (Å²) in [5, 5.41) is 8.73. The van der Waals surface area contributed by atoms with Gasteiger partial charge in [-0.15, -0.1) is 0 Å². The third-order valence-corrected chi connectivity index (χ3v) is 2.69. The fourth-order valence-corrected chi connectivity index (χ4v) is 1.64. The highest BCUT2D eigenvalue weighted by Gasteiger charge is 2.13. The van der Waals surface area contributed by atoms with Gasteiger partial charge in [0.15, 0.2) is 0 Å². The number of nitrogens with zero attached hydrogens (tertiary/aromatic N) is 1. The Bertz CT molecular complexity index is 556. The third-order valence-electron chi connectivity index (χ3n) is 2.09. The minimum atomic E-state index is -0.547. The highest BCUT2D eigenvalue weighted by Crippen LogP contribution is 2.23. The smallest absolute Gasteiger partial charge is 0.258 e. The van der Waals surface area contributed by atoms with E-state index in [-0.39, 0.29) is 15.7 Å². The first kappa shape index (κ1) is 11.6. The Morgan fingerprint density at radius 2 is 2.29 bits per heavy atom. The van der Waals surface area contributed by atoms with Crippen LogP contribution in [0.25, 0.3) is 0 Å². The van der Waals surface area contributed by atoms with E-state index in [9.17, 15) is 9.18 Å². The molecule has 0 fully saturated rings. The molecule has 0 saturated heterocycles. The number of hydrogen-bond acceptors (Lipinski definition) is 3. The van der Waals surface area contributed by atoms with E-state index >= 15 is 0 Å². The van der Waals surface area contributed by atoms with Crippen molar-refractivity contribution < 1.29 is 9.18 Å². The molecule has 0 spiro atoms. The van der Waals surface area contributed by atoms with E-state index in [2.05, 4.69) is 31.4 Å². The third kappa shape index (κ3) is 2.44. The van der Waals surface area contributed by atoms with E-state index in [1.165, 1.54) is 12.3 Å². The zero-order chi connectivity index (χ0) is 12.4. The van der Waals surface area contributed by atoms with Crippen molar-refractivity contribution in [3.63, 3.8) is 0 Å². The molecule has 0 aliphatic heterocycles. The number of anilines is 2. The average Bonchev–Trinajstić information content (AvgIpc) is 2.76. The Balaban J connectivity index is 2.28. The van der Waals surface area contributed by atoms with Crippen LogP contribution in [-0.2, 0) is 0 Å². The van der Waals surface area contributed by atoms with Crippen LogP contribution in [0.3, 0.4) is 0 Å². The number of aromatic amines is 1. The van der Waals surface area contributed by atoms with Crippen LogP contribution in [0.2, 0.25) is 0 Å². The van der Waals surface area contributed by atoms with Crippen LogP contribution in [0, 0.1) is 5.82 Å². The molecule has 17 heavy (non-hydrogen) atoms. The number of carbonyl (C=O) groups is 1. The summed E-state index contributed by atoms with van der Waals surface area (Å²) in [6.07, 6.45) is 1.49. The number of carbonyl (C=O) groups excluding carboxylic acids is 1. The van der Waals surface area contributed by atoms with Gasteiger partial charge in [0.05, 0.1) is 16.2 Å². The number of H-pyrrole nitrogens is 1. The molecular weight excluding hydrogens is 291 g/mol. The lowest BCUT2D eigenvalue weighted by molar-refractivity contribution is 0.102. The van der Waals surface area contributed by atoms with Crippen molar-refractivity contribution in [1.29, 1.82) is 0 Å². The predicted octanol–water partition coefficient (Wildman–Crippen LogP) is 2.15. The molecule has 2 aromatic rings. The van der Waals surface area contributed by atoms with Gasteiger partial charge in [0.25, 0.3) is 5.91 Å². The van der Waals surface area contributed by atoms with Crippen molar-refractivity contribution in [3.05, 3.63) is 40.2 Å². The summed E-state index contributed by atoms with van der Waals surface area (Å²) in [6, 6.07) is 3.99. The van der Waals surface area contributed by atoms with Gasteiger partial charge >= 0.3 is 0 Å². The molecule has 4 N–H and O–H groups in total. The SMILES string of the molecule is Nc1cc(Br)c(F)cc1C(=O)Nc1ccn[nH]1. The second-order valence-corrected chi connectivity index (χ2v) is 4.13. The summed E-state index contributed by atoms with van der Waals surface area (Å²) in [6.45, 7) is 0. The van der Waals surface area contributed by atoms with E-state index in [0.29, 0.717) is 5.82 Å². The van der Waals surface area contributed by atoms with Gasteiger partial charge < -0.3 is 11.1 Å². The van der Waals surface area contributed by atoms with E-state index in [4.69, 9.17) is 5.73 Å². The fraction of sp³-hybridized carbons (Fsp3) is 0. The number of rotatable bonds is 2.